The molecule has 0 amide bonds. The molecule has 1 aromatic rings. The Morgan fingerprint density at radius 1 is 1.54 bits per heavy atom. The Morgan fingerprint density at radius 2 is 2.15 bits per heavy atom. The average molecular weight is 189 g/mol. The normalized spacial score (nSPS) is 10.5. The summed E-state index contributed by atoms with van der Waals surface area (Å²) >= 11 is 0. The van der Waals surface area contributed by atoms with Crippen molar-refractivity contribution in [3.05, 3.63) is 28.8 Å². The number of carbonyl (C=O) groups excluding carboxylic acids is 1. The van der Waals surface area contributed by atoms with Crippen LogP contribution in [0.15, 0.2) is 6.07 Å². The monoisotopic (exact) mass is 189 g/mol. The molecule has 0 radical (unpaired) electrons. The number of carbonyl (C=O) groups is 1. The molecule has 0 saturated heterocycles. The van der Waals surface area contributed by atoms with E-state index in [0.29, 0.717) is 6.29 Å². The Hall–Kier alpha value is -1.39. The third kappa shape index (κ3) is 1.85. The smallest absolute Gasteiger partial charge is 0.268 e. The number of pyridine rings is 1. The number of aldehydes is 1. The summed E-state index contributed by atoms with van der Waals surface area (Å²) in [5.74, 6) is -1.28. The summed E-state index contributed by atoms with van der Waals surface area (Å²) in [6.45, 7) is 1.30. The molecule has 0 unspecified atom stereocenters. The van der Waals surface area contributed by atoms with Gasteiger partial charge in [-0.2, -0.15) is 4.39 Å². The molecule has 0 aliphatic heterocycles. The van der Waals surface area contributed by atoms with Crippen LogP contribution in [0.1, 0.15) is 28.0 Å². The van der Waals surface area contributed by atoms with Gasteiger partial charge in [0.1, 0.15) is 5.69 Å². The lowest BCUT2D eigenvalue weighted by Gasteiger charge is -2.05. The molecule has 0 spiro atoms. The fourth-order valence-corrected chi connectivity index (χ4v) is 0.991. The average Bonchev–Trinajstić information content (AvgIpc) is 2.02. The van der Waals surface area contributed by atoms with Crippen molar-refractivity contribution in [2.75, 3.05) is 0 Å². The van der Waals surface area contributed by atoms with Crippen molar-refractivity contribution in [1.29, 1.82) is 0 Å². The van der Waals surface area contributed by atoms with Gasteiger partial charge >= 0.3 is 0 Å². The fraction of sp³-hybridized carbons (Fsp3) is 0.250. The van der Waals surface area contributed by atoms with E-state index in [4.69, 9.17) is 0 Å². The number of hydrogen-bond acceptors (Lipinski definition) is 2. The lowest BCUT2D eigenvalue weighted by Crippen LogP contribution is -2.01. The van der Waals surface area contributed by atoms with Crippen molar-refractivity contribution < 1.29 is 18.0 Å². The van der Waals surface area contributed by atoms with Crippen molar-refractivity contribution in [3.8, 4) is 0 Å². The molecule has 1 aromatic heterocycles. The van der Waals surface area contributed by atoms with Gasteiger partial charge in [0.15, 0.2) is 6.29 Å². The minimum Gasteiger partial charge on any atom is -0.296 e. The summed E-state index contributed by atoms with van der Waals surface area (Å²) < 4.78 is 37.1. The summed E-state index contributed by atoms with van der Waals surface area (Å²) in [7, 11) is 0. The van der Waals surface area contributed by atoms with Crippen molar-refractivity contribution in [3.63, 3.8) is 0 Å². The molecule has 5 heteroatoms. The summed E-state index contributed by atoms with van der Waals surface area (Å²) in [4.78, 5) is 13.2. The second kappa shape index (κ2) is 3.55. The fourth-order valence-electron chi connectivity index (χ4n) is 0.991. The molecular weight excluding hydrogens is 183 g/mol. The number of aryl methyl sites for hydroxylation is 1. The predicted molar refractivity (Wildman–Crippen MR) is 39.3 cm³/mol. The van der Waals surface area contributed by atoms with Crippen LogP contribution in [0.5, 0.6) is 0 Å². The SMILES string of the molecule is Cc1cc(C=O)nc(F)c1C(F)F. The molecule has 0 bridgehead atoms. The van der Waals surface area contributed by atoms with Gasteiger partial charge in [0, 0.05) is 0 Å². The van der Waals surface area contributed by atoms with Gasteiger partial charge in [0.2, 0.25) is 5.95 Å². The number of halogens is 3. The highest BCUT2D eigenvalue weighted by Crippen LogP contribution is 2.24. The van der Waals surface area contributed by atoms with Crippen LogP contribution in [0, 0.1) is 12.9 Å². The Kier molecular flexibility index (Phi) is 2.65. The van der Waals surface area contributed by atoms with E-state index in [2.05, 4.69) is 4.98 Å². The summed E-state index contributed by atoms with van der Waals surface area (Å²) in [5, 5.41) is 0. The Labute approximate surface area is 72.4 Å². The molecule has 0 saturated carbocycles. The molecule has 0 aliphatic carbocycles. The van der Waals surface area contributed by atoms with Crippen LogP contribution < -0.4 is 0 Å². The molecule has 2 nitrogen and oxygen atoms in total. The Bertz CT molecular complexity index is 315. The summed E-state index contributed by atoms with van der Waals surface area (Å²) in [5.41, 5.74) is -0.894. The number of alkyl halides is 2. The van der Waals surface area contributed by atoms with Crippen LogP contribution in [0.2, 0.25) is 0 Å². The molecule has 0 atom stereocenters. The van der Waals surface area contributed by atoms with Gasteiger partial charge in [-0.15, -0.1) is 0 Å². The summed E-state index contributed by atoms with van der Waals surface area (Å²) in [6, 6.07) is 1.12. The quantitative estimate of drug-likeness (QED) is 0.527. The first-order chi connectivity index (χ1) is 6.06. The van der Waals surface area contributed by atoms with Crippen LogP contribution in [0.25, 0.3) is 0 Å². The van der Waals surface area contributed by atoms with E-state index >= 15 is 0 Å². The van der Waals surface area contributed by atoms with E-state index < -0.39 is 17.9 Å². The minimum absolute atomic E-state index is 0.0320. The molecule has 13 heavy (non-hydrogen) atoms. The molecular formula is C8H6F3NO. The lowest BCUT2D eigenvalue weighted by atomic mass is 10.1. The van der Waals surface area contributed by atoms with E-state index in [-0.39, 0.29) is 11.3 Å². The first-order valence-electron chi connectivity index (χ1n) is 3.46. The van der Waals surface area contributed by atoms with Crippen LogP contribution >= 0.6 is 0 Å². The van der Waals surface area contributed by atoms with E-state index in [0.717, 1.165) is 6.07 Å². The minimum atomic E-state index is -2.91. The molecule has 1 heterocycles. The largest absolute Gasteiger partial charge is 0.296 e. The molecule has 70 valence electrons. The predicted octanol–water partition coefficient (Wildman–Crippen LogP) is 2.28. The van der Waals surface area contributed by atoms with E-state index in [1.54, 1.807) is 0 Å². The molecule has 0 aliphatic rings. The summed E-state index contributed by atoms with van der Waals surface area (Å²) in [6.07, 6.45) is -2.60. The maximum Gasteiger partial charge on any atom is 0.268 e. The number of nitrogens with zero attached hydrogens (tertiary/aromatic N) is 1. The first kappa shape index (κ1) is 9.70. The molecule has 0 fully saturated rings. The molecule has 0 aromatic carbocycles. The number of aromatic nitrogens is 1. The maximum absolute atomic E-state index is 12.8. The van der Waals surface area contributed by atoms with Crippen molar-refractivity contribution in [1.82, 2.24) is 4.98 Å². The topological polar surface area (TPSA) is 30.0 Å². The van der Waals surface area contributed by atoms with Crippen molar-refractivity contribution in [2.24, 2.45) is 0 Å². The van der Waals surface area contributed by atoms with Crippen molar-refractivity contribution in [2.45, 2.75) is 13.3 Å². The second-order valence-electron chi connectivity index (χ2n) is 2.49. The van der Waals surface area contributed by atoms with Crippen LogP contribution in [-0.4, -0.2) is 11.3 Å². The van der Waals surface area contributed by atoms with Crippen LogP contribution in [-0.2, 0) is 0 Å². The lowest BCUT2D eigenvalue weighted by molar-refractivity contribution is 0.111. The van der Waals surface area contributed by atoms with Gasteiger partial charge in [-0.25, -0.2) is 13.8 Å². The van der Waals surface area contributed by atoms with Gasteiger partial charge in [-0.3, -0.25) is 4.79 Å². The Morgan fingerprint density at radius 3 is 2.54 bits per heavy atom. The highest BCUT2D eigenvalue weighted by Gasteiger charge is 2.18. The highest BCUT2D eigenvalue weighted by molar-refractivity contribution is 5.72. The third-order valence-electron chi connectivity index (χ3n) is 1.58. The number of rotatable bonds is 2. The van der Waals surface area contributed by atoms with Crippen LogP contribution in [0.4, 0.5) is 13.2 Å². The van der Waals surface area contributed by atoms with Crippen LogP contribution in [0.3, 0.4) is 0 Å². The van der Waals surface area contributed by atoms with E-state index in [1.807, 2.05) is 0 Å². The standard InChI is InChI=1S/C8H6F3NO/c1-4-2-5(3-13)12-8(11)6(4)7(9)10/h2-3,7H,1H3. The highest BCUT2D eigenvalue weighted by atomic mass is 19.3. The van der Waals surface area contributed by atoms with Crippen molar-refractivity contribution >= 4 is 6.29 Å². The zero-order valence-corrected chi connectivity index (χ0v) is 6.72. The zero-order valence-electron chi connectivity index (χ0n) is 6.72. The van der Waals surface area contributed by atoms with Gasteiger partial charge in [-0.1, -0.05) is 0 Å². The second-order valence-corrected chi connectivity index (χ2v) is 2.49. The van der Waals surface area contributed by atoms with Gasteiger partial charge < -0.3 is 0 Å². The van der Waals surface area contributed by atoms with Gasteiger partial charge in [0.25, 0.3) is 6.43 Å². The van der Waals surface area contributed by atoms with E-state index in [9.17, 15) is 18.0 Å². The zero-order chi connectivity index (χ0) is 10.0. The van der Waals surface area contributed by atoms with E-state index in [1.165, 1.54) is 6.92 Å². The molecule has 0 N–H and O–H groups in total. The maximum atomic E-state index is 12.8. The van der Waals surface area contributed by atoms with Gasteiger partial charge in [0.05, 0.1) is 5.56 Å². The number of hydrogen-bond donors (Lipinski definition) is 0. The Balaban J connectivity index is 3.31. The first-order valence-corrected chi connectivity index (χ1v) is 3.46. The third-order valence-corrected chi connectivity index (χ3v) is 1.58. The van der Waals surface area contributed by atoms with Gasteiger partial charge in [-0.05, 0) is 18.6 Å². The molecule has 1 rings (SSSR count).